The van der Waals surface area contributed by atoms with Gasteiger partial charge in [-0.05, 0) is 30.7 Å². The van der Waals surface area contributed by atoms with Crippen molar-refractivity contribution in [1.82, 2.24) is 0 Å². The number of nitro benzene ring substituents is 1. The van der Waals surface area contributed by atoms with E-state index in [0.717, 1.165) is 12.2 Å². The Morgan fingerprint density at radius 2 is 1.91 bits per heavy atom. The largest absolute Gasteiger partial charge is 0.430 e. The van der Waals surface area contributed by atoms with Gasteiger partial charge in [0.2, 0.25) is 0 Å². The van der Waals surface area contributed by atoms with Crippen LogP contribution in [0.3, 0.4) is 0 Å². The third-order valence-corrected chi connectivity index (χ3v) is 2.96. The number of nitrogens with zero attached hydrogens (tertiary/aromatic N) is 1. The Labute approximate surface area is 125 Å². The first kappa shape index (κ1) is 15.3. The molecule has 0 saturated carbocycles. The first-order valence-corrected chi connectivity index (χ1v) is 6.28. The topological polar surface area (TPSA) is 104 Å². The van der Waals surface area contributed by atoms with Gasteiger partial charge >= 0.3 is 5.97 Å². The highest BCUT2D eigenvalue weighted by molar-refractivity contribution is 6.25. The fourth-order valence-electron chi connectivity index (χ4n) is 1.88. The molecule has 0 bridgehead atoms. The minimum Gasteiger partial charge on any atom is -0.430 e. The average molecular weight is 301 g/mol. The van der Waals surface area contributed by atoms with Gasteiger partial charge in [-0.1, -0.05) is 6.08 Å². The molecule has 1 aromatic carbocycles. The number of rotatable bonds is 4. The van der Waals surface area contributed by atoms with Crippen LogP contribution in [-0.4, -0.2) is 22.5 Å². The molecule has 0 aliphatic carbocycles. The van der Waals surface area contributed by atoms with Gasteiger partial charge in [0.25, 0.3) is 5.69 Å². The highest BCUT2D eigenvalue weighted by Gasteiger charge is 2.36. The van der Waals surface area contributed by atoms with Crippen LogP contribution in [0.2, 0.25) is 0 Å². The van der Waals surface area contributed by atoms with E-state index < -0.39 is 28.4 Å². The Balaban J connectivity index is 2.13. The van der Waals surface area contributed by atoms with Gasteiger partial charge in [0.15, 0.2) is 17.5 Å². The second kappa shape index (κ2) is 6.13. The first-order chi connectivity index (χ1) is 10.4. The van der Waals surface area contributed by atoms with Crippen molar-refractivity contribution in [2.75, 3.05) is 0 Å². The molecule has 1 aromatic rings. The van der Waals surface area contributed by atoms with E-state index in [1.54, 1.807) is 0 Å². The number of ketones is 2. The standard InChI is InChI=1S/C15H11NO6/c1-9-8-13(18)14(15(19)22-9)12(17)7-4-10-2-5-11(6-3-10)16(20)21/h2-8,14H,1H3. The lowest BCUT2D eigenvalue weighted by Crippen LogP contribution is -2.34. The molecule has 0 spiro atoms. The first-order valence-electron chi connectivity index (χ1n) is 6.28. The minimum atomic E-state index is -1.49. The van der Waals surface area contributed by atoms with E-state index in [9.17, 15) is 24.5 Å². The van der Waals surface area contributed by atoms with E-state index in [2.05, 4.69) is 0 Å². The van der Waals surface area contributed by atoms with Crippen LogP contribution in [0.5, 0.6) is 0 Å². The molecule has 1 unspecified atom stereocenters. The van der Waals surface area contributed by atoms with Crippen molar-refractivity contribution in [3.8, 4) is 0 Å². The summed E-state index contributed by atoms with van der Waals surface area (Å²) in [5.41, 5.74) is 0.456. The van der Waals surface area contributed by atoms with Crippen LogP contribution < -0.4 is 0 Å². The van der Waals surface area contributed by atoms with Gasteiger partial charge in [-0.25, -0.2) is 0 Å². The molecule has 1 atom stereocenters. The van der Waals surface area contributed by atoms with Gasteiger partial charge in [0, 0.05) is 18.2 Å². The molecule has 1 aliphatic rings. The van der Waals surface area contributed by atoms with Crippen LogP contribution >= 0.6 is 0 Å². The Bertz CT molecular complexity index is 714. The second-order valence-corrected chi connectivity index (χ2v) is 4.60. The number of cyclic esters (lactones) is 1. The summed E-state index contributed by atoms with van der Waals surface area (Å²) in [4.78, 5) is 45.2. The minimum absolute atomic E-state index is 0.0740. The Kier molecular flexibility index (Phi) is 4.26. The molecule has 2 rings (SSSR count). The summed E-state index contributed by atoms with van der Waals surface area (Å²) in [6, 6.07) is 5.48. The van der Waals surface area contributed by atoms with Gasteiger partial charge in [0.05, 0.1) is 4.92 Å². The van der Waals surface area contributed by atoms with Gasteiger partial charge in [0.1, 0.15) is 5.76 Å². The molecule has 0 N–H and O–H groups in total. The molecule has 112 valence electrons. The van der Waals surface area contributed by atoms with Crippen LogP contribution in [0.15, 0.2) is 42.2 Å². The SMILES string of the molecule is CC1=CC(=O)C(C(=O)C=Cc2ccc([N+](=O)[O-])cc2)C(=O)O1. The maximum absolute atomic E-state index is 11.9. The Hall–Kier alpha value is -3.09. The summed E-state index contributed by atoms with van der Waals surface area (Å²) in [5, 5.41) is 10.5. The lowest BCUT2D eigenvalue weighted by molar-refractivity contribution is -0.384. The van der Waals surface area contributed by atoms with E-state index in [1.807, 2.05) is 0 Å². The van der Waals surface area contributed by atoms with Crippen LogP contribution in [0.25, 0.3) is 6.08 Å². The zero-order valence-electron chi connectivity index (χ0n) is 11.5. The number of hydrogen-bond acceptors (Lipinski definition) is 6. The van der Waals surface area contributed by atoms with Crippen LogP contribution in [0.1, 0.15) is 12.5 Å². The molecular weight excluding hydrogens is 290 g/mol. The van der Waals surface area contributed by atoms with Crippen molar-refractivity contribution < 1.29 is 24.0 Å². The number of benzene rings is 1. The van der Waals surface area contributed by atoms with Crippen molar-refractivity contribution in [2.45, 2.75) is 6.92 Å². The zero-order valence-corrected chi connectivity index (χ0v) is 11.5. The van der Waals surface area contributed by atoms with E-state index >= 15 is 0 Å². The monoisotopic (exact) mass is 301 g/mol. The van der Waals surface area contributed by atoms with Gasteiger partial charge in [-0.2, -0.15) is 0 Å². The normalized spacial score (nSPS) is 18.0. The second-order valence-electron chi connectivity index (χ2n) is 4.60. The van der Waals surface area contributed by atoms with Crippen molar-refractivity contribution in [3.05, 3.63) is 57.9 Å². The zero-order chi connectivity index (χ0) is 16.3. The lowest BCUT2D eigenvalue weighted by Gasteiger charge is -2.15. The Morgan fingerprint density at radius 3 is 2.45 bits per heavy atom. The highest BCUT2D eigenvalue weighted by atomic mass is 16.6. The predicted molar refractivity (Wildman–Crippen MR) is 75.5 cm³/mol. The van der Waals surface area contributed by atoms with Gasteiger partial charge in [-0.15, -0.1) is 0 Å². The van der Waals surface area contributed by atoms with E-state index in [1.165, 1.54) is 37.3 Å². The van der Waals surface area contributed by atoms with Crippen LogP contribution in [0.4, 0.5) is 5.69 Å². The molecular formula is C15H11NO6. The lowest BCUT2D eigenvalue weighted by atomic mass is 9.96. The molecule has 7 heteroatoms. The maximum atomic E-state index is 11.9. The number of carbonyl (C=O) groups is 3. The summed E-state index contributed by atoms with van der Waals surface area (Å²) < 4.78 is 4.76. The van der Waals surface area contributed by atoms with Crippen molar-refractivity contribution in [1.29, 1.82) is 0 Å². The van der Waals surface area contributed by atoms with Crippen LogP contribution in [-0.2, 0) is 19.1 Å². The summed E-state index contributed by atoms with van der Waals surface area (Å²) in [6.45, 7) is 1.45. The predicted octanol–water partition coefficient (Wildman–Crippen LogP) is 1.82. The molecule has 7 nitrogen and oxygen atoms in total. The van der Waals surface area contributed by atoms with E-state index in [4.69, 9.17) is 4.74 Å². The quantitative estimate of drug-likeness (QED) is 0.276. The number of carbonyl (C=O) groups excluding carboxylic acids is 3. The Morgan fingerprint density at radius 1 is 1.27 bits per heavy atom. The molecule has 1 heterocycles. The summed E-state index contributed by atoms with van der Waals surface area (Å²) in [5.74, 6) is -3.55. The number of hydrogen-bond donors (Lipinski definition) is 0. The average Bonchev–Trinajstić information content (AvgIpc) is 2.44. The van der Waals surface area contributed by atoms with E-state index in [-0.39, 0.29) is 11.4 Å². The van der Waals surface area contributed by atoms with Crippen molar-refractivity contribution >= 4 is 29.3 Å². The smallest absolute Gasteiger partial charge is 0.329 e. The number of non-ortho nitro benzene ring substituents is 1. The van der Waals surface area contributed by atoms with Crippen molar-refractivity contribution in [2.24, 2.45) is 5.92 Å². The third-order valence-electron chi connectivity index (χ3n) is 2.96. The molecule has 0 radical (unpaired) electrons. The third kappa shape index (κ3) is 3.32. The van der Waals surface area contributed by atoms with Crippen LogP contribution in [0, 0.1) is 16.0 Å². The van der Waals surface area contributed by atoms with Crippen molar-refractivity contribution in [3.63, 3.8) is 0 Å². The molecule has 0 aromatic heterocycles. The number of ether oxygens (including phenoxy) is 1. The fourth-order valence-corrected chi connectivity index (χ4v) is 1.88. The summed E-state index contributed by atoms with van der Waals surface area (Å²) in [7, 11) is 0. The molecule has 22 heavy (non-hydrogen) atoms. The molecule has 0 fully saturated rings. The molecule has 0 amide bonds. The number of esters is 1. The summed E-state index contributed by atoms with van der Waals surface area (Å²) >= 11 is 0. The van der Waals surface area contributed by atoms with Gasteiger partial charge in [-0.3, -0.25) is 24.5 Å². The fraction of sp³-hybridized carbons (Fsp3) is 0.133. The number of nitro groups is 1. The maximum Gasteiger partial charge on any atom is 0.329 e. The van der Waals surface area contributed by atoms with Gasteiger partial charge < -0.3 is 4.74 Å². The molecule has 0 saturated heterocycles. The summed E-state index contributed by atoms with van der Waals surface area (Å²) in [6.07, 6.45) is 3.56. The van der Waals surface area contributed by atoms with E-state index in [0.29, 0.717) is 5.56 Å². The molecule has 1 aliphatic heterocycles. The number of allylic oxidation sites excluding steroid dienone is 3. The highest BCUT2D eigenvalue weighted by Crippen LogP contribution is 2.17.